The standard InChI is InChI=1S/C22H27N3OS2/c1-14-8-6-7-9-15(14)12-27-13-18(26)24-20-17(11-23)16-10-21(2,3)25-22(4,5)19(16)28-20/h6-9,25H,10,12-13H2,1-5H3,(H,24,26). The molecule has 4 nitrogen and oxygen atoms in total. The van der Waals surface area contributed by atoms with Crippen LogP contribution in [0.15, 0.2) is 24.3 Å². The number of hydrogen-bond donors (Lipinski definition) is 2. The van der Waals surface area contributed by atoms with Gasteiger partial charge in [-0.05, 0) is 57.7 Å². The van der Waals surface area contributed by atoms with Crippen molar-refractivity contribution >= 4 is 34.0 Å². The maximum absolute atomic E-state index is 12.5. The van der Waals surface area contributed by atoms with Crippen LogP contribution >= 0.6 is 23.1 Å². The van der Waals surface area contributed by atoms with Crippen LogP contribution in [0.4, 0.5) is 5.00 Å². The van der Waals surface area contributed by atoms with E-state index in [1.54, 1.807) is 11.8 Å². The molecule has 2 N–H and O–H groups in total. The second-order valence-corrected chi connectivity index (χ2v) is 10.5. The summed E-state index contributed by atoms with van der Waals surface area (Å²) in [6.07, 6.45) is 0.781. The van der Waals surface area contributed by atoms with Crippen LogP contribution in [-0.2, 0) is 22.5 Å². The molecule has 1 amide bonds. The summed E-state index contributed by atoms with van der Waals surface area (Å²) in [6, 6.07) is 10.6. The largest absolute Gasteiger partial charge is 0.316 e. The maximum Gasteiger partial charge on any atom is 0.235 e. The number of carbonyl (C=O) groups excluding carboxylic acids is 1. The van der Waals surface area contributed by atoms with Gasteiger partial charge < -0.3 is 10.6 Å². The van der Waals surface area contributed by atoms with Gasteiger partial charge in [-0.25, -0.2) is 0 Å². The lowest BCUT2D eigenvalue weighted by molar-refractivity contribution is -0.113. The van der Waals surface area contributed by atoms with Crippen molar-refractivity contribution in [1.29, 1.82) is 5.26 Å². The van der Waals surface area contributed by atoms with Gasteiger partial charge in [-0.1, -0.05) is 24.3 Å². The van der Waals surface area contributed by atoms with Gasteiger partial charge in [0.1, 0.15) is 11.1 Å². The molecule has 0 bridgehead atoms. The minimum absolute atomic E-state index is 0.0568. The normalized spacial score (nSPS) is 16.9. The van der Waals surface area contributed by atoms with E-state index in [4.69, 9.17) is 0 Å². The predicted octanol–water partition coefficient (Wildman–Crippen LogP) is 4.96. The number of fused-ring (bicyclic) bond motifs is 1. The van der Waals surface area contributed by atoms with Gasteiger partial charge in [0.2, 0.25) is 5.91 Å². The van der Waals surface area contributed by atoms with Gasteiger partial charge in [-0.15, -0.1) is 23.1 Å². The molecular weight excluding hydrogens is 386 g/mol. The summed E-state index contributed by atoms with van der Waals surface area (Å²) in [6.45, 7) is 10.7. The van der Waals surface area contributed by atoms with Crippen molar-refractivity contribution in [2.75, 3.05) is 11.1 Å². The second kappa shape index (κ2) is 7.90. The molecule has 3 rings (SSSR count). The van der Waals surface area contributed by atoms with E-state index < -0.39 is 0 Å². The number of nitrogens with zero attached hydrogens (tertiary/aromatic N) is 1. The molecule has 0 aliphatic carbocycles. The number of thiophene rings is 1. The second-order valence-electron chi connectivity index (χ2n) is 8.50. The van der Waals surface area contributed by atoms with Crippen molar-refractivity contribution in [2.24, 2.45) is 0 Å². The lowest BCUT2D eigenvalue weighted by atomic mass is 9.81. The maximum atomic E-state index is 12.5. The Kier molecular flexibility index (Phi) is 5.90. The van der Waals surface area contributed by atoms with Gasteiger partial charge in [-0.3, -0.25) is 4.79 Å². The van der Waals surface area contributed by atoms with Crippen LogP contribution in [0, 0.1) is 18.3 Å². The Morgan fingerprint density at radius 1 is 1.32 bits per heavy atom. The van der Waals surface area contributed by atoms with Crippen molar-refractivity contribution in [1.82, 2.24) is 5.32 Å². The number of amides is 1. The molecule has 2 heterocycles. The molecule has 0 spiro atoms. The Morgan fingerprint density at radius 3 is 2.71 bits per heavy atom. The Morgan fingerprint density at radius 2 is 2.04 bits per heavy atom. The van der Waals surface area contributed by atoms with Crippen LogP contribution in [0.25, 0.3) is 0 Å². The fourth-order valence-corrected chi connectivity index (χ4v) is 6.07. The number of nitrogens with one attached hydrogen (secondary N) is 2. The summed E-state index contributed by atoms with van der Waals surface area (Å²) in [7, 11) is 0. The first-order valence-electron chi connectivity index (χ1n) is 9.40. The minimum atomic E-state index is -0.226. The Balaban J connectivity index is 1.71. The summed E-state index contributed by atoms with van der Waals surface area (Å²) in [5, 5.41) is 17.1. The molecule has 1 aromatic heterocycles. The molecule has 1 aliphatic heterocycles. The molecule has 0 unspecified atom stereocenters. The number of rotatable bonds is 5. The molecule has 0 saturated heterocycles. The van der Waals surface area contributed by atoms with Crippen molar-refractivity contribution in [3.05, 3.63) is 51.4 Å². The fraction of sp³-hybridized carbons (Fsp3) is 0.455. The first kappa shape index (κ1) is 20.9. The summed E-state index contributed by atoms with van der Waals surface area (Å²) < 4.78 is 0. The third-order valence-electron chi connectivity index (χ3n) is 4.96. The highest BCUT2D eigenvalue weighted by Crippen LogP contribution is 2.44. The smallest absolute Gasteiger partial charge is 0.235 e. The molecule has 0 fully saturated rings. The van der Waals surface area contributed by atoms with Gasteiger partial charge >= 0.3 is 0 Å². The number of carbonyl (C=O) groups is 1. The quantitative estimate of drug-likeness (QED) is 0.727. The van der Waals surface area contributed by atoms with Gasteiger partial charge in [0.25, 0.3) is 0 Å². The fourth-order valence-electron chi connectivity index (χ4n) is 3.92. The lowest BCUT2D eigenvalue weighted by Crippen LogP contribution is -2.54. The third-order valence-corrected chi connectivity index (χ3v) is 7.41. The lowest BCUT2D eigenvalue weighted by Gasteiger charge is -2.42. The van der Waals surface area contributed by atoms with Gasteiger partial charge in [0, 0.05) is 21.7 Å². The van der Waals surface area contributed by atoms with E-state index in [2.05, 4.69) is 63.5 Å². The highest BCUT2D eigenvalue weighted by atomic mass is 32.2. The zero-order chi connectivity index (χ0) is 20.5. The van der Waals surface area contributed by atoms with Gasteiger partial charge in [0.05, 0.1) is 11.3 Å². The molecule has 1 aromatic carbocycles. The molecule has 6 heteroatoms. The number of anilines is 1. The monoisotopic (exact) mass is 413 g/mol. The SMILES string of the molecule is Cc1ccccc1CSCC(=O)Nc1sc2c(c1C#N)CC(C)(C)NC2(C)C. The average Bonchev–Trinajstić information content (AvgIpc) is 2.92. The Labute approximate surface area is 175 Å². The van der Waals surface area contributed by atoms with Crippen molar-refractivity contribution < 1.29 is 4.79 Å². The van der Waals surface area contributed by atoms with Gasteiger partial charge in [0.15, 0.2) is 0 Å². The molecule has 1 aliphatic rings. The Bertz CT molecular complexity index is 938. The Hall–Kier alpha value is -1.81. The van der Waals surface area contributed by atoms with Crippen LogP contribution in [0.5, 0.6) is 0 Å². The van der Waals surface area contributed by atoms with Crippen LogP contribution < -0.4 is 10.6 Å². The van der Waals surface area contributed by atoms with E-state index in [1.807, 2.05) is 12.1 Å². The number of aryl methyl sites for hydroxylation is 1. The van der Waals surface area contributed by atoms with Crippen LogP contribution in [0.2, 0.25) is 0 Å². The third kappa shape index (κ3) is 4.43. The molecular formula is C22H27N3OS2. The predicted molar refractivity (Wildman–Crippen MR) is 119 cm³/mol. The molecule has 28 heavy (non-hydrogen) atoms. The zero-order valence-electron chi connectivity index (χ0n) is 17.1. The summed E-state index contributed by atoms with van der Waals surface area (Å²) in [5.41, 5.74) is 3.87. The molecule has 2 aromatic rings. The van der Waals surface area contributed by atoms with E-state index in [1.165, 1.54) is 22.5 Å². The number of thioether (sulfide) groups is 1. The molecule has 0 radical (unpaired) electrons. The topological polar surface area (TPSA) is 64.9 Å². The molecule has 148 valence electrons. The van der Waals surface area contributed by atoms with E-state index in [0.717, 1.165) is 22.6 Å². The number of hydrogen-bond acceptors (Lipinski definition) is 5. The van der Waals surface area contributed by atoms with Crippen LogP contribution in [0.1, 0.15) is 54.8 Å². The zero-order valence-corrected chi connectivity index (χ0v) is 18.7. The van der Waals surface area contributed by atoms with E-state index in [9.17, 15) is 10.1 Å². The van der Waals surface area contributed by atoms with Crippen molar-refractivity contribution in [3.8, 4) is 6.07 Å². The summed E-state index contributed by atoms with van der Waals surface area (Å²) in [5.74, 6) is 1.12. The molecule has 0 saturated carbocycles. The first-order chi connectivity index (χ1) is 13.1. The molecule has 0 atom stereocenters. The first-order valence-corrected chi connectivity index (χ1v) is 11.4. The van der Waals surface area contributed by atoms with E-state index in [-0.39, 0.29) is 17.0 Å². The van der Waals surface area contributed by atoms with Gasteiger partial charge in [-0.2, -0.15) is 5.26 Å². The highest BCUT2D eigenvalue weighted by molar-refractivity contribution is 7.99. The number of nitriles is 1. The van der Waals surface area contributed by atoms with Crippen molar-refractivity contribution in [2.45, 2.75) is 57.9 Å². The van der Waals surface area contributed by atoms with E-state index >= 15 is 0 Å². The summed E-state index contributed by atoms with van der Waals surface area (Å²) >= 11 is 3.12. The van der Waals surface area contributed by atoms with E-state index in [0.29, 0.717) is 16.3 Å². The van der Waals surface area contributed by atoms with Crippen LogP contribution in [0.3, 0.4) is 0 Å². The number of benzene rings is 1. The van der Waals surface area contributed by atoms with Crippen LogP contribution in [-0.4, -0.2) is 17.2 Å². The highest BCUT2D eigenvalue weighted by Gasteiger charge is 2.40. The minimum Gasteiger partial charge on any atom is -0.316 e. The average molecular weight is 414 g/mol. The summed E-state index contributed by atoms with van der Waals surface area (Å²) in [4.78, 5) is 13.7. The van der Waals surface area contributed by atoms with Crippen molar-refractivity contribution in [3.63, 3.8) is 0 Å².